The molecule has 13 heteroatoms. The number of pyridine rings is 1. The largest absolute Gasteiger partial charge is 0.433 e. The van der Waals surface area contributed by atoms with Gasteiger partial charge in [-0.15, -0.1) is 0 Å². The fourth-order valence-corrected chi connectivity index (χ4v) is 5.15. The van der Waals surface area contributed by atoms with Crippen molar-refractivity contribution in [3.63, 3.8) is 0 Å². The van der Waals surface area contributed by atoms with Crippen LogP contribution in [0.4, 0.5) is 43.5 Å². The number of benzene rings is 2. The Balaban J connectivity index is 1.85. The van der Waals surface area contributed by atoms with Crippen molar-refractivity contribution in [3.05, 3.63) is 75.0 Å². The summed E-state index contributed by atoms with van der Waals surface area (Å²) in [4.78, 5) is 3.21. The highest BCUT2D eigenvalue weighted by molar-refractivity contribution is 14.1. The second kappa shape index (κ2) is 8.04. The maximum atomic E-state index is 13.4. The lowest BCUT2D eigenvalue weighted by Gasteiger charge is -2.24. The van der Waals surface area contributed by atoms with Crippen LogP contribution in [-0.2, 0) is 28.9 Å². The van der Waals surface area contributed by atoms with Crippen molar-refractivity contribution >= 4 is 49.8 Å². The van der Waals surface area contributed by atoms with Crippen molar-refractivity contribution in [2.45, 2.75) is 23.8 Å². The molecule has 1 aromatic heterocycles. The molecule has 2 aromatic carbocycles. The highest BCUT2D eigenvalue weighted by Crippen LogP contribution is 2.40. The van der Waals surface area contributed by atoms with E-state index in [4.69, 9.17) is 0 Å². The number of nitrogens with one attached hydrogen (secondary N) is 1. The number of fused-ring (bicyclic) bond motifs is 2. The molecule has 3 aromatic rings. The second-order valence-corrected chi connectivity index (χ2v) is 10.1. The molecule has 2 heterocycles. The molecular weight excluding hydrogens is 587 g/mol. The third-order valence-electron chi connectivity index (χ3n) is 4.83. The van der Waals surface area contributed by atoms with E-state index in [1.54, 1.807) is 6.07 Å². The standard InChI is InChI=1S/C20H12F6IN3O2S/c21-19(22,23)12-2-5-14(6-3-12)33(31,32)30-10-11-1-8-17(20(24,25)26)29-18(11)28-15-7-4-13(27)9-16(15)30/h1-9H,10H2,(H,28,29). The molecule has 5 nitrogen and oxygen atoms in total. The van der Waals surface area contributed by atoms with Crippen LogP contribution in [0.15, 0.2) is 59.5 Å². The van der Waals surface area contributed by atoms with E-state index in [1.165, 1.54) is 12.1 Å². The molecule has 0 spiro atoms. The molecule has 1 aliphatic heterocycles. The van der Waals surface area contributed by atoms with Crippen molar-refractivity contribution in [1.82, 2.24) is 4.98 Å². The smallest absolute Gasteiger partial charge is 0.338 e. The summed E-state index contributed by atoms with van der Waals surface area (Å²) in [6.45, 7) is -0.385. The van der Waals surface area contributed by atoms with Crippen LogP contribution in [0.2, 0.25) is 0 Å². The summed E-state index contributed by atoms with van der Waals surface area (Å²) in [7, 11) is -4.39. The Bertz CT molecular complexity index is 1330. The van der Waals surface area contributed by atoms with Gasteiger partial charge in [0.25, 0.3) is 10.0 Å². The van der Waals surface area contributed by atoms with Crippen LogP contribution in [0.3, 0.4) is 0 Å². The minimum absolute atomic E-state index is 0.119. The molecule has 0 radical (unpaired) electrons. The molecule has 174 valence electrons. The van der Waals surface area contributed by atoms with Gasteiger partial charge in [-0.05, 0) is 71.1 Å². The minimum atomic E-state index is -4.70. The lowest BCUT2D eigenvalue weighted by molar-refractivity contribution is -0.141. The van der Waals surface area contributed by atoms with E-state index in [0.29, 0.717) is 15.7 Å². The first kappa shape index (κ1) is 23.6. The zero-order valence-corrected chi connectivity index (χ0v) is 19.1. The number of halogens is 7. The Morgan fingerprint density at radius 1 is 0.909 bits per heavy atom. The Morgan fingerprint density at radius 2 is 1.58 bits per heavy atom. The van der Waals surface area contributed by atoms with Gasteiger partial charge >= 0.3 is 12.4 Å². The van der Waals surface area contributed by atoms with E-state index in [-0.39, 0.29) is 29.3 Å². The Kier molecular flexibility index (Phi) is 5.75. The molecule has 0 fully saturated rings. The van der Waals surface area contributed by atoms with E-state index in [9.17, 15) is 34.8 Å². The Labute approximate surface area is 197 Å². The van der Waals surface area contributed by atoms with Crippen LogP contribution in [0.1, 0.15) is 16.8 Å². The summed E-state index contributed by atoms with van der Waals surface area (Å²) >= 11 is 1.94. The van der Waals surface area contributed by atoms with Gasteiger partial charge in [-0.25, -0.2) is 13.4 Å². The number of hydrogen-bond donors (Lipinski definition) is 1. The zero-order valence-electron chi connectivity index (χ0n) is 16.2. The molecule has 4 rings (SSSR count). The number of hydrogen-bond acceptors (Lipinski definition) is 4. The number of sulfonamides is 1. The first-order chi connectivity index (χ1) is 15.3. The molecular formula is C20H12F6IN3O2S. The van der Waals surface area contributed by atoms with Gasteiger partial charge in [0.1, 0.15) is 11.5 Å². The predicted octanol–water partition coefficient (Wildman–Crippen LogP) is 6.18. The van der Waals surface area contributed by atoms with E-state index in [1.807, 2.05) is 22.6 Å². The maximum absolute atomic E-state index is 13.4. The highest BCUT2D eigenvalue weighted by Gasteiger charge is 2.36. The molecule has 0 unspecified atom stereocenters. The maximum Gasteiger partial charge on any atom is 0.433 e. The summed E-state index contributed by atoms with van der Waals surface area (Å²) in [5, 5.41) is 2.76. The van der Waals surface area contributed by atoms with Crippen LogP contribution in [0.5, 0.6) is 0 Å². The van der Waals surface area contributed by atoms with Gasteiger partial charge in [0.2, 0.25) is 0 Å². The van der Waals surface area contributed by atoms with E-state index in [0.717, 1.165) is 28.6 Å². The van der Waals surface area contributed by atoms with E-state index >= 15 is 0 Å². The van der Waals surface area contributed by atoms with Crippen molar-refractivity contribution in [1.29, 1.82) is 0 Å². The van der Waals surface area contributed by atoms with Gasteiger partial charge in [0.15, 0.2) is 0 Å². The first-order valence-electron chi connectivity index (χ1n) is 9.10. The van der Waals surface area contributed by atoms with Crippen LogP contribution in [0, 0.1) is 3.57 Å². The fourth-order valence-electron chi connectivity index (χ4n) is 3.22. The highest BCUT2D eigenvalue weighted by atomic mass is 127. The second-order valence-electron chi connectivity index (χ2n) is 7.02. The lowest BCUT2D eigenvalue weighted by atomic mass is 10.2. The van der Waals surface area contributed by atoms with Gasteiger partial charge in [-0.2, -0.15) is 26.3 Å². The van der Waals surface area contributed by atoms with Crippen molar-refractivity contribution < 1.29 is 34.8 Å². The molecule has 0 saturated heterocycles. The minimum Gasteiger partial charge on any atom is -0.338 e. The number of nitrogens with zero attached hydrogens (tertiary/aromatic N) is 2. The summed E-state index contributed by atoms with van der Waals surface area (Å²) in [5.41, 5.74) is -1.71. The average molecular weight is 599 g/mol. The predicted molar refractivity (Wildman–Crippen MR) is 116 cm³/mol. The molecule has 1 N–H and O–H groups in total. The zero-order chi connectivity index (χ0) is 24.2. The van der Waals surface area contributed by atoms with Crippen molar-refractivity contribution in [2.75, 3.05) is 9.62 Å². The van der Waals surface area contributed by atoms with Gasteiger partial charge in [0.05, 0.1) is 28.4 Å². The Morgan fingerprint density at radius 3 is 2.18 bits per heavy atom. The molecule has 1 aliphatic rings. The number of rotatable bonds is 2. The SMILES string of the molecule is O=S(=O)(c1ccc(C(F)(F)F)cc1)N1Cc2ccc(C(F)(F)F)nc2Nc2ccc(I)cc21. The topological polar surface area (TPSA) is 62.3 Å². The third kappa shape index (κ3) is 4.60. The number of aromatic nitrogens is 1. The van der Waals surface area contributed by atoms with Crippen molar-refractivity contribution in [3.8, 4) is 0 Å². The van der Waals surface area contributed by atoms with Gasteiger partial charge < -0.3 is 5.32 Å². The molecule has 33 heavy (non-hydrogen) atoms. The molecule has 0 amide bonds. The molecule has 0 saturated carbocycles. The molecule has 0 bridgehead atoms. The normalized spacial score (nSPS) is 14.2. The van der Waals surface area contributed by atoms with Crippen LogP contribution >= 0.6 is 22.6 Å². The fraction of sp³-hybridized carbons (Fsp3) is 0.150. The van der Waals surface area contributed by atoms with E-state index < -0.39 is 38.5 Å². The van der Waals surface area contributed by atoms with E-state index in [2.05, 4.69) is 10.3 Å². The Hall–Kier alpha value is -2.55. The third-order valence-corrected chi connectivity index (χ3v) is 7.28. The van der Waals surface area contributed by atoms with Crippen LogP contribution < -0.4 is 9.62 Å². The summed E-state index contributed by atoms with van der Waals surface area (Å²) < 4.78 is 106. The van der Waals surface area contributed by atoms with Gasteiger partial charge in [0, 0.05) is 9.13 Å². The quantitative estimate of drug-likeness (QED) is 0.283. The average Bonchev–Trinajstić information content (AvgIpc) is 2.89. The summed E-state index contributed by atoms with van der Waals surface area (Å²) in [5.74, 6) is -0.169. The van der Waals surface area contributed by atoms with Crippen molar-refractivity contribution in [2.24, 2.45) is 0 Å². The monoisotopic (exact) mass is 599 g/mol. The van der Waals surface area contributed by atoms with Crippen LogP contribution in [0.25, 0.3) is 0 Å². The van der Waals surface area contributed by atoms with Gasteiger partial charge in [-0.3, -0.25) is 4.31 Å². The molecule has 0 atom stereocenters. The van der Waals surface area contributed by atoms with Crippen LogP contribution in [-0.4, -0.2) is 13.4 Å². The number of alkyl halides is 6. The summed E-state index contributed by atoms with van der Waals surface area (Å²) in [6, 6.07) is 9.46. The van der Waals surface area contributed by atoms with Gasteiger partial charge in [-0.1, -0.05) is 6.07 Å². The molecule has 0 aliphatic carbocycles. The lowest BCUT2D eigenvalue weighted by Crippen LogP contribution is -2.30. The summed E-state index contributed by atoms with van der Waals surface area (Å²) in [6.07, 6.45) is -9.35. The number of anilines is 3. The first-order valence-corrected chi connectivity index (χ1v) is 11.6.